The first-order valence-corrected chi connectivity index (χ1v) is 4.42. The number of nitrogens with one attached hydrogen (secondary N) is 1. The number of rotatable bonds is 6. The van der Waals surface area contributed by atoms with Crippen molar-refractivity contribution in [2.45, 2.75) is 19.8 Å². The fraction of sp³-hybridized carbons (Fsp3) is 0.875. The van der Waals surface area contributed by atoms with Crippen LogP contribution in [0, 0.1) is 5.41 Å². The molecule has 4 nitrogen and oxygen atoms in total. The third kappa shape index (κ3) is 5.09. The summed E-state index contributed by atoms with van der Waals surface area (Å²) in [7, 11) is 0. The van der Waals surface area contributed by atoms with Crippen LogP contribution in [0.3, 0.4) is 0 Å². The number of nitrogens with two attached hydrogens (primary N) is 2. The second-order valence-electron chi connectivity index (χ2n) is 2.86. The van der Waals surface area contributed by atoms with Crippen molar-refractivity contribution in [2.75, 3.05) is 26.2 Å². The minimum Gasteiger partial charge on any atom is -0.361 e. The van der Waals surface area contributed by atoms with Crippen LogP contribution in [0.4, 0.5) is 0 Å². The Balaban J connectivity index is 3.62. The van der Waals surface area contributed by atoms with Crippen molar-refractivity contribution < 1.29 is 0 Å². The third-order valence-corrected chi connectivity index (χ3v) is 1.74. The smallest absolute Gasteiger partial charge is 0.0925 e. The van der Waals surface area contributed by atoms with E-state index in [4.69, 9.17) is 16.9 Å². The van der Waals surface area contributed by atoms with Crippen molar-refractivity contribution in [3.63, 3.8) is 0 Å². The number of amidine groups is 1. The molecule has 0 aromatic rings. The average Bonchev–Trinajstić information content (AvgIpc) is 2.04. The SMILES string of the molecule is CC(=N)N(CCCN)CCCN. The first kappa shape index (κ1) is 11.4. The second kappa shape index (κ2) is 7.06. The van der Waals surface area contributed by atoms with Crippen LogP contribution in [0.1, 0.15) is 19.8 Å². The van der Waals surface area contributed by atoms with Crippen molar-refractivity contribution >= 4 is 5.84 Å². The number of nitrogens with zero attached hydrogens (tertiary/aromatic N) is 1. The summed E-state index contributed by atoms with van der Waals surface area (Å²) in [6, 6.07) is 0. The minimum absolute atomic E-state index is 0.608. The van der Waals surface area contributed by atoms with Crippen molar-refractivity contribution in [1.82, 2.24) is 4.90 Å². The summed E-state index contributed by atoms with van der Waals surface area (Å²) in [6.45, 7) is 4.93. The quantitative estimate of drug-likeness (QED) is 0.389. The molecule has 0 aromatic heterocycles. The summed E-state index contributed by atoms with van der Waals surface area (Å²) >= 11 is 0. The van der Waals surface area contributed by atoms with Crippen LogP contribution in [0.5, 0.6) is 0 Å². The van der Waals surface area contributed by atoms with Gasteiger partial charge in [-0.1, -0.05) is 0 Å². The predicted molar refractivity (Wildman–Crippen MR) is 52.3 cm³/mol. The van der Waals surface area contributed by atoms with E-state index in [2.05, 4.69) is 0 Å². The highest BCUT2D eigenvalue weighted by Gasteiger charge is 2.02. The second-order valence-corrected chi connectivity index (χ2v) is 2.86. The van der Waals surface area contributed by atoms with E-state index in [-0.39, 0.29) is 0 Å². The number of hydrogen-bond donors (Lipinski definition) is 3. The largest absolute Gasteiger partial charge is 0.361 e. The molecule has 0 saturated carbocycles. The Bertz CT molecular complexity index is 116. The summed E-state index contributed by atoms with van der Waals surface area (Å²) < 4.78 is 0. The standard InChI is InChI=1S/C8H20N4/c1-8(11)12(6-2-4-9)7-3-5-10/h11H,2-7,9-10H2,1H3. The molecule has 0 aliphatic rings. The van der Waals surface area contributed by atoms with Gasteiger partial charge in [0.2, 0.25) is 0 Å². The van der Waals surface area contributed by atoms with Gasteiger partial charge in [-0.2, -0.15) is 0 Å². The van der Waals surface area contributed by atoms with Crippen molar-refractivity contribution in [3.8, 4) is 0 Å². The highest BCUT2D eigenvalue weighted by atomic mass is 15.2. The van der Waals surface area contributed by atoms with Gasteiger partial charge in [-0.3, -0.25) is 5.41 Å². The molecule has 72 valence electrons. The van der Waals surface area contributed by atoms with E-state index in [9.17, 15) is 0 Å². The zero-order valence-electron chi connectivity index (χ0n) is 7.84. The van der Waals surface area contributed by atoms with E-state index in [1.165, 1.54) is 0 Å². The van der Waals surface area contributed by atoms with Crippen LogP contribution < -0.4 is 11.5 Å². The monoisotopic (exact) mass is 172 g/mol. The van der Waals surface area contributed by atoms with Gasteiger partial charge in [0.05, 0.1) is 5.84 Å². The van der Waals surface area contributed by atoms with Crippen molar-refractivity contribution in [3.05, 3.63) is 0 Å². The van der Waals surface area contributed by atoms with E-state index in [1.54, 1.807) is 6.92 Å². The summed E-state index contributed by atoms with van der Waals surface area (Å²) in [6.07, 6.45) is 1.89. The Kier molecular flexibility index (Phi) is 6.70. The fourth-order valence-corrected chi connectivity index (χ4v) is 1.01. The lowest BCUT2D eigenvalue weighted by Crippen LogP contribution is -2.32. The van der Waals surface area contributed by atoms with E-state index in [0.717, 1.165) is 25.9 Å². The lowest BCUT2D eigenvalue weighted by atomic mass is 10.3. The van der Waals surface area contributed by atoms with Gasteiger partial charge in [-0.15, -0.1) is 0 Å². The Morgan fingerprint density at radius 3 is 1.83 bits per heavy atom. The molecular formula is C8H20N4. The molecule has 5 N–H and O–H groups in total. The summed E-state index contributed by atoms with van der Waals surface area (Å²) in [5, 5.41) is 7.45. The van der Waals surface area contributed by atoms with Gasteiger partial charge in [-0.25, -0.2) is 0 Å². The van der Waals surface area contributed by atoms with Crippen LogP contribution >= 0.6 is 0 Å². The van der Waals surface area contributed by atoms with Crippen molar-refractivity contribution in [1.29, 1.82) is 5.41 Å². The molecule has 0 heterocycles. The molecule has 12 heavy (non-hydrogen) atoms. The zero-order valence-corrected chi connectivity index (χ0v) is 7.84. The van der Waals surface area contributed by atoms with Gasteiger partial charge in [0.1, 0.15) is 0 Å². The van der Waals surface area contributed by atoms with Crippen LogP contribution in [-0.2, 0) is 0 Å². The normalized spacial score (nSPS) is 9.92. The third-order valence-electron chi connectivity index (χ3n) is 1.74. The van der Waals surface area contributed by atoms with Gasteiger partial charge in [-0.05, 0) is 32.9 Å². The first-order valence-electron chi connectivity index (χ1n) is 4.42. The maximum atomic E-state index is 7.45. The van der Waals surface area contributed by atoms with Crippen LogP contribution in [0.15, 0.2) is 0 Å². The Labute approximate surface area is 74.4 Å². The lowest BCUT2D eigenvalue weighted by molar-refractivity contribution is 0.402. The average molecular weight is 172 g/mol. The topological polar surface area (TPSA) is 79.1 Å². The molecule has 0 saturated heterocycles. The molecule has 4 heteroatoms. The molecule has 0 amide bonds. The Morgan fingerprint density at radius 2 is 1.58 bits per heavy atom. The maximum Gasteiger partial charge on any atom is 0.0925 e. The van der Waals surface area contributed by atoms with Crippen LogP contribution in [0.25, 0.3) is 0 Å². The zero-order chi connectivity index (χ0) is 9.40. The highest BCUT2D eigenvalue weighted by Crippen LogP contribution is 1.93. The molecule has 0 rings (SSSR count). The van der Waals surface area contributed by atoms with E-state index >= 15 is 0 Å². The van der Waals surface area contributed by atoms with E-state index in [0.29, 0.717) is 18.9 Å². The van der Waals surface area contributed by atoms with Gasteiger partial charge < -0.3 is 16.4 Å². The number of hydrogen-bond acceptors (Lipinski definition) is 3. The van der Waals surface area contributed by atoms with E-state index in [1.807, 2.05) is 4.90 Å². The predicted octanol–water partition coefficient (Wildman–Crippen LogP) is -0.0168. The highest BCUT2D eigenvalue weighted by molar-refractivity contribution is 5.76. The maximum absolute atomic E-state index is 7.45. The Hall–Kier alpha value is -0.610. The minimum atomic E-state index is 0.608. The van der Waals surface area contributed by atoms with Crippen molar-refractivity contribution in [2.24, 2.45) is 11.5 Å². The summed E-state index contributed by atoms with van der Waals surface area (Å²) in [4.78, 5) is 2.01. The molecular weight excluding hydrogens is 152 g/mol. The van der Waals surface area contributed by atoms with Crippen LogP contribution in [0.2, 0.25) is 0 Å². The first-order chi connectivity index (χ1) is 5.72. The van der Waals surface area contributed by atoms with E-state index < -0.39 is 0 Å². The van der Waals surface area contributed by atoms with Crippen LogP contribution in [-0.4, -0.2) is 36.9 Å². The molecule has 0 aromatic carbocycles. The van der Waals surface area contributed by atoms with Gasteiger partial charge in [0.25, 0.3) is 0 Å². The van der Waals surface area contributed by atoms with Gasteiger partial charge >= 0.3 is 0 Å². The fourth-order valence-electron chi connectivity index (χ4n) is 1.01. The lowest BCUT2D eigenvalue weighted by Gasteiger charge is -2.22. The molecule has 0 spiro atoms. The molecule has 0 bridgehead atoms. The summed E-state index contributed by atoms with van der Waals surface area (Å²) in [5.41, 5.74) is 10.8. The molecule has 0 aliphatic carbocycles. The van der Waals surface area contributed by atoms with Gasteiger partial charge in [0, 0.05) is 13.1 Å². The molecule has 0 fully saturated rings. The Morgan fingerprint density at radius 1 is 1.17 bits per heavy atom. The van der Waals surface area contributed by atoms with Gasteiger partial charge in [0.15, 0.2) is 0 Å². The molecule has 0 unspecified atom stereocenters. The molecule has 0 radical (unpaired) electrons. The summed E-state index contributed by atoms with van der Waals surface area (Å²) in [5.74, 6) is 0.608. The molecule has 0 atom stereocenters. The molecule has 0 aliphatic heterocycles.